The number of nitrogens with one attached hydrogen (secondary N) is 1. The summed E-state index contributed by atoms with van der Waals surface area (Å²) in [5, 5.41) is 7.19. The monoisotopic (exact) mass is 160 g/mol. The van der Waals surface area contributed by atoms with E-state index in [0.29, 0.717) is 5.70 Å². The van der Waals surface area contributed by atoms with Crippen LogP contribution in [-0.4, -0.2) is 5.17 Å². The molecule has 0 aromatic carbocycles. The van der Waals surface area contributed by atoms with Gasteiger partial charge in [0.25, 0.3) is 0 Å². The molecular weight excluding hydrogens is 148 g/mol. The summed E-state index contributed by atoms with van der Waals surface area (Å²) in [6.45, 7) is 5.68. The minimum absolute atomic E-state index is 0.0509. The van der Waals surface area contributed by atoms with Crippen LogP contribution in [0, 0.1) is 11.3 Å². The highest BCUT2D eigenvalue weighted by atomic mass is 35.5. The molecule has 0 aliphatic heterocycles. The molecule has 0 aliphatic carbocycles. The predicted molar refractivity (Wildman–Crippen MR) is 45.3 cm³/mol. The average molecular weight is 161 g/mol. The minimum Gasteiger partial charge on any atom is -0.402 e. The van der Waals surface area contributed by atoms with Crippen molar-refractivity contribution in [3.63, 3.8) is 0 Å². The summed E-state index contributed by atoms with van der Waals surface area (Å²) in [5.41, 5.74) is 6.86. The molecular formula is C7H13ClN2. The Morgan fingerprint density at radius 3 is 1.90 bits per heavy atom. The van der Waals surface area contributed by atoms with Gasteiger partial charge in [-0.05, 0) is 12.8 Å². The highest BCUT2D eigenvalue weighted by Gasteiger charge is 2.08. The third-order valence-corrected chi connectivity index (χ3v) is 1.44. The van der Waals surface area contributed by atoms with Gasteiger partial charge in [-0.3, -0.25) is 5.41 Å². The molecule has 0 spiro atoms. The van der Waals surface area contributed by atoms with E-state index in [-0.39, 0.29) is 11.1 Å². The largest absolute Gasteiger partial charge is 0.402 e. The minimum atomic E-state index is 0.0509. The number of halogens is 1. The molecule has 3 heteroatoms. The zero-order valence-electron chi connectivity index (χ0n) is 6.53. The van der Waals surface area contributed by atoms with Crippen molar-refractivity contribution in [2.45, 2.75) is 20.8 Å². The van der Waals surface area contributed by atoms with E-state index in [2.05, 4.69) is 0 Å². The van der Waals surface area contributed by atoms with Crippen LogP contribution >= 0.6 is 11.6 Å². The van der Waals surface area contributed by atoms with Gasteiger partial charge < -0.3 is 5.73 Å². The zero-order valence-corrected chi connectivity index (χ0v) is 7.29. The van der Waals surface area contributed by atoms with Gasteiger partial charge in [-0.2, -0.15) is 0 Å². The van der Waals surface area contributed by atoms with Crippen LogP contribution in [0.3, 0.4) is 0 Å². The topological polar surface area (TPSA) is 49.9 Å². The fraction of sp³-hybridized carbons (Fsp3) is 0.571. The molecule has 3 N–H and O–H groups in total. The Bertz CT molecular complexity index is 166. The van der Waals surface area contributed by atoms with Gasteiger partial charge in [0.15, 0.2) is 0 Å². The SMILES string of the molecule is CC(N)=C(C(=N)Cl)C(C)C. The Hall–Kier alpha value is -0.500. The Morgan fingerprint density at radius 1 is 1.50 bits per heavy atom. The number of nitrogens with two attached hydrogens (primary N) is 1. The van der Waals surface area contributed by atoms with Crippen molar-refractivity contribution in [3.8, 4) is 0 Å². The molecule has 0 saturated heterocycles. The lowest BCUT2D eigenvalue weighted by atomic mass is 10.0. The third kappa shape index (κ3) is 2.40. The van der Waals surface area contributed by atoms with Crippen LogP contribution in [0.1, 0.15) is 20.8 Å². The second-order valence-electron chi connectivity index (χ2n) is 2.57. The molecule has 10 heavy (non-hydrogen) atoms. The maximum atomic E-state index is 7.14. The van der Waals surface area contributed by atoms with Gasteiger partial charge >= 0.3 is 0 Å². The molecule has 58 valence electrons. The zero-order chi connectivity index (χ0) is 8.31. The van der Waals surface area contributed by atoms with Crippen LogP contribution in [0.15, 0.2) is 11.3 Å². The van der Waals surface area contributed by atoms with Gasteiger partial charge in [-0.1, -0.05) is 25.4 Å². The maximum absolute atomic E-state index is 7.14. The Morgan fingerprint density at radius 2 is 1.90 bits per heavy atom. The Labute approximate surface area is 66.6 Å². The molecule has 0 aliphatic rings. The summed E-state index contributed by atoms with van der Waals surface area (Å²) in [6.07, 6.45) is 0. The number of rotatable bonds is 2. The van der Waals surface area contributed by atoms with E-state index in [1.165, 1.54) is 0 Å². The van der Waals surface area contributed by atoms with Crippen LogP contribution in [0.2, 0.25) is 0 Å². The lowest BCUT2D eigenvalue weighted by Gasteiger charge is -2.09. The highest BCUT2D eigenvalue weighted by Crippen LogP contribution is 2.14. The molecule has 0 aromatic heterocycles. The molecule has 0 rings (SSSR count). The van der Waals surface area contributed by atoms with Crippen molar-refractivity contribution in [2.75, 3.05) is 0 Å². The van der Waals surface area contributed by atoms with Gasteiger partial charge in [0.2, 0.25) is 0 Å². The van der Waals surface area contributed by atoms with E-state index in [9.17, 15) is 0 Å². The Kier molecular flexibility index (Phi) is 3.43. The van der Waals surface area contributed by atoms with Crippen LogP contribution < -0.4 is 5.73 Å². The van der Waals surface area contributed by atoms with E-state index in [4.69, 9.17) is 22.7 Å². The summed E-state index contributed by atoms with van der Waals surface area (Å²) in [5.74, 6) is 0.231. The summed E-state index contributed by atoms with van der Waals surface area (Å²) in [7, 11) is 0. The normalized spacial score (nSPS) is 13.3. The smallest absolute Gasteiger partial charge is 0.125 e. The molecule has 2 nitrogen and oxygen atoms in total. The first kappa shape index (κ1) is 9.50. The maximum Gasteiger partial charge on any atom is 0.125 e. The van der Waals surface area contributed by atoms with Crippen molar-refractivity contribution in [1.29, 1.82) is 5.41 Å². The average Bonchev–Trinajstić information content (AvgIpc) is 1.59. The van der Waals surface area contributed by atoms with Crippen molar-refractivity contribution in [3.05, 3.63) is 11.3 Å². The van der Waals surface area contributed by atoms with Crippen LogP contribution in [0.25, 0.3) is 0 Å². The van der Waals surface area contributed by atoms with Crippen LogP contribution in [-0.2, 0) is 0 Å². The molecule has 0 bridgehead atoms. The molecule has 0 amide bonds. The summed E-state index contributed by atoms with van der Waals surface area (Å²) < 4.78 is 0. The number of allylic oxidation sites excluding steroid dienone is 2. The van der Waals surface area contributed by atoms with Gasteiger partial charge in [-0.15, -0.1) is 0 Å². The lowest BCUT2D eigenvalue weighted by molar-refractivity contribution is 0.790. The predicted octanol–water partition coefficient (Wildman–Crippen LogP) is 2.09. The van der Waals surface area contributed by atoms with Crippen molar-refractivity contribution >= 4 is 16.8 Å². The second-order valence-corrected chi connectivity index (χ2v) is 2.94. The lowest BCUT2D eigenvalue weighted by Crippen LogP contribution is -2.09. The number of hydrogen-bond acceptors (Lipinski definition) is 2. The fourth-order valence-corrected chi connectivity index (χ4v) is 1.25. The first-order valence-electron chi connectivity index (χ1n) is 3.17. The molecule has 0 aromatic rings. The fourth-order valence-electron chi connectivity index (χ4n) is 0.882. The summed E-state index contributed by atoms with van der Waals surface area (Å²) >= 11 is 5.48. The second kappa shape index (κ2) is 3.62. The highest BCUT2D eigenvalue weighted by molar-refractivity contribution is 6.68. The molecule has 0 unspecified atom stereocenters. The van der Waals surface area contributed by atoms with Gasteiger partial charge in [0.1, 0.15) is 5.17 Å². The van der Waals surface area contributed by atoms with Crippen molar-refractivity contribution < 1.29 is 0 Å². The molecule has 0 atom stereocenters. The van der Waals surface area contributed by atoms with Gasteiger partial charge in [0, 0.05) is 11.3 Å². The van der Waals surface area contributed by atoms with E-state index < -0.39 is 0 Å². The third-order valence-electron chi connectivity index (χ3n) is 1.24. The van der Waals surface area contributed by atoms with E-state index in [1.807, 2.05) is 13.8 Å². The van der Waals surface area contributed by atoms with E-state index >= 15 is 0 Å². The standard InChI is InChI=1S/C7H13ClN2/c1-4(2)6(5(3)9)7(8)10/h4,10H,9H2,1-3H3. The van der Waals surface area contributed by atoms with Gasteiger partial charge in [0.05, 0.1) is 0 Å². The van der Waals surface area contributed by atoms with Crippen molar-refractivity contribution in [2.24, 2.45) is 11.7 Å². The first-order valence-corrected chi connectivity index (χ1v) is 3.55. The molecule has 0 radical (unpaired) electrons. The van der Waals surface area contributed by atoms with E-state index in [0.717, 1.165) is 5.57 Å². The molecule has 0 fully saturated rings. The van der Waals surface area contributed by atoms with Crippen molar-refractivity contribution in [1.82, 2.24) is 0 Å². The summed E-state index contributed by atoms with van der Waals surface area (Å²) in [6, 6.07) is 0. The quantitative estimate of drug-likeness (QED) is 0.598. The summed E-state index contributed by atoms with van der Waals surface area (Å²) in [4.78, 5) is 0. The number of hydrogen-bond donors (Lipinski definition) is 2. The molecule has 0 saturated carbocycles. The van der Waals surface area contributed by atoms with Crippen LogP contribution in [0.5, 0.6) is 0 Å². The first-order chi connectivity index (χ1) is 4.46. The van der Waals surface area contributed by atoms with E-state index in [1.54, 1.807) is 6.92 Å². The van der Waals surface area contributed by atoms with Crippen LogP contribution in [0.4, 0.5) is 0 Å². The van der Waals surface area contributed by atoms with Gasteiger partial charge in [-0.25, -0.2) is 0 Å². The Balaban J connectivity index is 4.61. The molecule has 0 heterocycles.